The van der Waals surface area contributed by atoms with Gasteiger partial charge in [0.2, 0.25) is 11.0 Å². The smallest absolute Gasteiger partial charge is 0.281 e. The van der Waals surface area contributed by atoms with Crippen molar-refractivity contribution in [2.45, 2.75) is 26.8 Å². The molecule has 0 fully saturated rings. The molecule has 0 radical (unpaired) electrons. The molecule has 0 aliphatic rings. The molecule has 0 atom stereocenters. The summed E-state index contributed by atoms with van der Waals surface area (Å²) in [7, 11) is 0. The van der Waals surface area contributed by atoms with Crippen LogP contribution in [0.2, 0.25) is 0 Å². The van der Waals surface area contributed by atoms with Crippen molar-refractivity contribution < 1.29 is 5.11 Å². The summed E-state index contributed by atoms with van der Waals surface area (Å²) in [6, 6.07) is 11.6. The molecule has 2 heterocycles. The second-order valence-electron chi connectivity index (χ2n) is 5.82. The fraction of sp³-hybridized carbons (Fsp3) is 0.211. The summed E-state index contributed by atoms with van der Waals surface area (Å²) < 4.78 is 1.15. The summed E-state index contributed by atoms with van der Waals surface area (Å²) in [4.78, 5) is 17.0. The number of hydrogen-bond acceptors (Lipinski definition) is 7. The van der Waals surface area contributed by atoms with Gasteiger partial charge in [-0.2, -0.15) is 5.26 Å². The fourth-order valence-corrected chi connectivity index (χ4v) is 3.28. The highest BCUT2D eigenvalue weighted by molar-refractivity contribution is 7.13. The number of rotatable bonds is 5. The lowest BCUT2D eigenvalue weighted by atomic mass is 10.1. The van der Waals surface area contributed by atoms with Gasteiger partial charge in [0, 0.05) is 23.1 Å². The molecule has 0 amide bonds. The zero-order valence-electron chi connectivity index (χ0n) is 14.9. The van der Waals surface area contributed by atoms with E-state index in [1.54, 1.807) is 6.92 Å². The van der Waals surface area contributed by atoms with E-state index in [4.69, 9.17) is 0 Å². The van der Waals surface area contributed by atoms with Crippen molar-refractivity contribution in [2.75, 3.05) is 0 Å². The van der Waals surface area contributed by atoms with Crippen LogP contribution < -0.4 is 5.56 Å². The molecule has 0 bridgehead atoms. The van der Waals surface area contributed by atoms with Crippen molar-refractivity contribution in [1.29, 1.82) is 5.26 Å². The lowest BCUT2D eigenvalue weighted by molar-refractivity contribution is 0.402. The molecule has 0 unspecified atom stereocenters. The third kappa shape index (κ3) is 3.64. The first-order valence-corrected chi connectivity index (χ1v) is 9.24. The van der Waals surface area contributed by atoms with Crippen molar-refractivity contribution in [1.82, 2.24) is 9.55 Å². The SMILES string of the molecule is CCCn1c(O)c(C#N)c(C)c(N=Nc2nc(-c3ccccc3)cs2)c1=O. The molecule has 1 aromatic carbocycles. The molecule has 3 rings (SSSR count). The van der Waals surface area contributed by atoms with Gasteiger partial charge in [-0.1, -0.05) is 37.3 Å². The van der Waals surface area contributed by atoms with Crippen LogP contribution in [0.3, 0.4) is 0 Å². The average molecular weight is 379 g/mol. The van der Waals surface area contributed by atoms with Crippen molar-refractivity contribution in [3.8, 4) is 23.2 Å². The second-order valence-corrected chi connectivity index (χ2v) is 6.66. The minimum Gasteiger partial charge on any atom is -0.493 e. The topological polar surface area (TPSA) is 104 Å². The molecule has 2 aromatic heterocycles. The Morgan fingerprint density at radius 3 is 2.70 bits per heavy atom. The van der Waals surface area contributed by atoms with Crippen LogP contribution in [0.1, 0.15) is 24.5 Å². The lowest BCUT2D eigenvalue weighted by Gasteiger charge is -2.11. The predicted octanol–water partition coefficient (Wildman–Crippen LogP) is 4.68. The first-order chi connectivity index (χ1) is 13.1. The normalized spacial score (nSPS) is 11.0. The van der Waals surface area contributed by atoms with E-state index in [1.807, 2.05) is 48.7 Å². The van der Waals surface area contributed by atoms with E-state index in [2.05, 4.69) is 15.2 Å². The maximum atomic E-state index is 12.6. The van der Waals surface area contributed by atoms with E-state index in [0.29, 0.717) is 17.1 Å². The summed E-state index contributed by atoms with van der Waals surface area (Å²) in [5.41, 5.74) is 1.63. The van der Waals surface area contributed by atoms with E-state index in [9.17, 15) is 15.2 Å². The fourth-order valence-electron chi connectivity index (χ4n) is 2.63. The van der Waals surface area contributed by atoms with Crippen molar-refractivity contribution in [3.63, 3.8) is 0 Å². The van der Waals surface area contributed by atoms with Gasteiger partial charge in [-0.3, -0.25) is 9.36 Å². The van der Waals surface area contributed by atoms with Gasteiger partial charge in [0.25, 0.3) is 5.56 Å². The van der Waals surface area contributed by atoms with E-state index in [1.165, 1.54) is 11.3 Å². The Labute approximate surface area is 159 Å². The number of aromatic hydroxyl groups is 1. The van der Waals surface area contributed by atoms with E-state index >= 15 is 0 Å². The molecular weight excluding hydrogens is 362 g/mol. The average Bonchev–Trinajstić information content (AvgIpc) is 3.15. The maximum absolute atomic E-state index is 12.6. The first kappa shape index (κ1) is 18.5. The molecule has 0 aliphatic heterocycles. The Kier molecular flexibility index (Phi) is 5.43. The number of benzene rings is 1. The van der Waals surface area contributed by atoms with E-state index < -0.39 is 5.56 Å². The highest BCUT2D eigenvalue weighted by atomic mass is 32.1. The van der Waals surface area contributed by atoms with E-state index in [0.717, 1.165) is 15.8 Å². The number of azo groups is 1. The van der Waals surface area contributed by atoms with Crippen LogP contribution in [0.25, 0.3) is 11.3 Å². The van der Waals surface area contributed by atoms with Crippen LogP contribution >= 0.6 is 11.3 Å². The number of hydrogen-bond donors (Lipinski definition) is 1. The number of nitriles is 1. The molecule has 1 N–H and O–H groups in total. The van der Waals surface area contributed by atoms with Crippen LogP contribution in [-0.4, -0.2) is 14.7 Å². The van der Waals surface area contributed by atoms with Gasteiger partial charge < -0.3 is 5.11 Å². The van der Waals surface area contributed by atoms with E-state index in [-0.39, 0.29) is 23.7 Å². The Bertz CT molecular complexity index is 1090. The third-order valence-electron chi connectivity index (χ3n) is 4.01. The maximum Gasteiger partial charge on any atom is 0.281 e. The van der Waals surface area contributed by atoms with Gasteiger partial charge in [0.1, 0.15) is 11.6 Å². The monoisotopic (exact) mass is 379 g/mol. The minimum atomic E-state index is -0.477. The van der Waals surface area contributed by atoms with Gasteiger partial charge >= 0.3 is 0 Å². The van der Waals surface area contributed by atoms with Crippen LogP contribution in [0.5, 0.6) is 5.88 Å². The summed E-state index contributed by atoms with van der Waals surface area (Å²) in [6.07, 6.45) is 0.630. The van der Waals surface area contributed by atoms with Crippen LogP contribution in [-0.2, 0) is 6.54 Å². The molecule has 0 aliphatic carbocycles. The van der Waals surface area contributed by atoms with Crippen LogP contribution in [0.15, 0.2) is 50.7 Å². The Balaban J connectivity index is 2.01. The highest BCUT2D eigenvalue weighted by Crippen LogP contribution is 2.30. The Morgan fingerprint density at radius 1 is 1.30 bits per heavy atom. The molecule has 0 spiro atoms. The summed E-state index contributed by atoms with van der Waals surface area (Å²) in [6.45, 7) is 3.73. The summed E-state index contributed by atoms with van der Waals surface area (Å²) in [5.74, 6) is -0.332. The summed E-state index contributed by atoms with van der Waals surface area (Å²) >= 11 is 1.31. The van der Waals surface area contributed by atoms with Gasteiger partial charge in [-0.15, -0.1) is 21.6 Å². The molecule has 136 valence electrons. The van der Waals surface area contributed by atoms with Crippen molar-refractivity contribution >= 4 is 22.2 Å². The van der Waals surface area contributed by atoms with Crippen LogP contribution in [0, 0.1) is 18.3 Å². The molecule has 0 saturated heterocycles. The number of aromatic nitrogens is 2. The zero-order valence-corrected chi connectivity index (χ0v) is 15.7. The summed E-state index contributed by atoms with van der Waals surface area (Å²) in [5, 5.41) is 29.9. The van der Waals surface area contributed by atoms with Gasteiger partial charge in [0.05, 0.1) is 5.69 Å². The highest BCUT2D eigenvalue weighted by Gasteiger charge is 2.18. The Morgan fingerprint density at radius 2 is 2.04 bits per heavy atom. The Hall–Kier alpha value is -3.31. The van der Waals surface area contributed by atoms with Crippen molar-refractivity contribution in [2.24, 2.45) is 10.2 Å². The molecule has 27 heavy (non-hydrogen) atoms. The molecular formula is C19H17N5O2S. The molecule has 7 nitrogen and oxygen atoms in total. The number of nitrogens with zero attached hydrogens (tertiary/aromatic N) is 5. The van der Waals surface area contributed by atoms with Gasteiger partial charge in [-0.25, -0.2) is 4.98 Å². The molecule has 3 aromatic rings. The quantitative estimate of drug-likeness (QED) is 0.650. The van der Waals surface area contributed by atoms with Gasteiger partial charge in [0.15, 0.2) is 5.69 Å². The number of pyridine rings is 1. The molecule has 0 saturated carbocycles. The zero-order chi connectivity index (χ0) is 19.4. The third-order valence-corrected chi connectivity index (χ3v) is 4.74. The standard InChI is InChI=1S/C19H17N5O2S/c1-3-9-24-17(25)14(10-20)12(2)16(18(24)26)22-23-19-21-15(11-27-19)13-7-5-4-6-8-13/h4-8,11,25H,3,9H2,1-2H3. The van der Waals surface area contributed by atoms with Crippen molar-refractivity contribution in [3.05, 3.63) is 57.2 Å². The minimum absolute atomic E-state index is 0.0288. The largest absolute Gasteiger partial charge is 0.493 e. The first-order valence-electron chi connectivity index (χ1n) is 8.36. The van der Waals surface area contributed by atoms with Crippen LogP contribution in [0.4, 0.5) is 10.8 Å². The lowest BCUT2D eigenvalue weighted by Crippen LogP contribution is -2.21. The second kappa shape index (κ2) is 7.93. The van der Waals surface area contributed by atoms with Gasteiger partial charge in [-0.05, 0) is 13.3 Å². The molecule has 8 heteroatoms. The number of thiazole rings is 1. The predicted molar refractivity (Wildman–Crippen MR) is 104 cm³/mol.